The number of aliphatic hydroxyl groups is 1. The Hall–Kier alpha value is -3.95. The number of pyridine rings is 1. The molecule has 1 fully saturated rings. The van der Waals surface area contributed by atoms with E-state index in [0.29, 0.717) is 29.3 Å². The number of benzene rings is 1. The van der Waals surface area contributed by atoms with Crippen LogP contribution in [0.3, 0.4) is 0 Å². The van der Waals surface area contributed by atoms with E-state index in [2.05, 4.69) is 14.9 Å². The number of ether oxygens (including phenoxy) is 3. The van der Waals surface area contributed by atoms with Crippen molar-refractivity contribution in [1.82, 2.24) is 14.9 Å². The van der Waals surface area contributed by atoms with Gasteiger partial charge in [-0.1, -0.05) is 12.1 Å². The molecule has 2 aliphatic rings. The van der Waals surface area contributed by atoms with Crippen LogP contribution in [-0.4, -0.2) is 77.7 Å². The molecule has 0 saturated carbocycles. The van der Waals surface area contributed by atoms with Gasteiger partial charge in [0.1, 0.15) is 35.0 Å². The molecule has 192 valence electrons. The van der Waals surface area contributed by atoms with E-state index in [-0.39, 0.29) is 24.4 Å². The molecule has 0 unspecified atom stereocenters. The maximum Gasteiger partial charge on any atom is 0.343 e. The van der Waals surface area contributed by atoms with Crippen molar-refractivity contribution >= 4 is 34.5 Å². The molecule has 0 amide bonds. The van der Waals surface area contributed by atoms with Crippen molar-refractivity contribution in [3.05, 3.63) is 71.3 Å². The van der Waals surface area contributed by atoms with Gasteiger partial charge in [0, 0.05) is 55.0 Å². The summed E-state index contributed by atoms with van der Waals surface area (Å²) in [7, 11) is 0. The minimum Gasteiger partial charge on any atom is -0.507 e. The smallest absolute Gasteiger partial charge is 0.343 e. The van der Waals surface area contributed by atoms with Gasteiger partial charge in [-0.2, -0.15) is 0 Å². The Bertz CT molecular complexity index is 1370. The number of aromatic nitrogens is 2. The number of aliphatic imine (C=N–C) groups is 1. The van der Waals surface area contributed by atoms with E-state index < -0.39 is 5.97 Å². The van der Waals surface area contributed by atoms with E-state index in [1.807, 2.05) is 48.7 Å². The number of morpholine rings is 1. The molecular weight excluding hydrogens is 472 g/mol. The van der Waals surface area contributed by atoms with Gasteiger partial charge in [0.25, 0.3) is 0 Å². The van der Waals surface area contributed by atoms with Crippen LogP contribution in [0, 0.1) is 0 Å². The number of nitrogens with zero attached hydrogens (tertiary/aromatic N) is 3. The van der Waals surface area contributed by atoms with Crippen molar-refractivity contribution in [3.63, 3.8) is 0 Å². The highest BCUT2D eigenvalue weighted by Gasteiger charge is 2.32. The van der Waals surface area contributed by atoms with Crippen LogP contribution in [0.5, 0.6) is 5.75 Å². The lowest BCUT2D eigenvalue weighted by molar-refractivity contribution is -0.138. The van der Waals surface area contributed by atoms with Gasteiger partial charge in [0.2, 0.25) is 0 Å². The predicted octanol–water partition coefficient (Wildman–Crippen LogP) is 4.21. The fourth-order valence-corrected chi connectivity index (χ4v) is 4.49. The summed E-state index contributed by atoms with van der Waals surface area (Å²) in [6, 6.07) is 11.3. The number of hydrogen-bond acceptors (Lipinski definition) is 8. The predicted molar refractivity (Wildman–Crippen MR) is 141 cm³/mol. The van der Waals surface area contributed by atoms with E-state index in [0.717, 1.165) is 49.4 Å². The molecule has 0 radical (unpaired) electrons. The van der Waals surface area contributed by atoms with Gasteiger partial charge in [-0.3, -0.25) is 4.90 Å². The van der Waals surface area contributed by atoms with Crippen LogP contribution < -0.4 is 4.74 Å². The van der Waals surface area contributed by atoms with Crippen molar-refractivity contribution in [3.8, 4) is 5.75 Å². The molecule has 9 nitrogen and oxygen atoms in total. The third-order valence-electron chi connectivity index (χ3n) is 6.37. The molecule has 0 spiro atoms. The van der Waals surface area contributed by atoms with Crippen LogP contribution in [0.1, 0.15) is 18.9 Å². The van der Waals surface area contributed by atoms with Crippen molar-refractivity contribution in [2.45, 2.75) is 13.3 Å². The molecule has 0 atom stereocenters. The second-order valence-electron chi connectivity index (χ2n) is 8.76. The summed E-state index contributed by atoms with van der Waals surface area (Å²) in [6.07, 6.45) is 5.67. The first-order valence-electron chi connectivity index (χ1n) is 12.5. The maximum atomic E-state index is 12.8. The van der Waals surface area contributed by atoms with Crippen molar-refractivity contribution < 1.29 is 24.1 Å². The second-order valence-corrected chi connectivity index (χ2v) is 8.76. The van der Waals surface area contributed by atoms with Crippen LogP contribution in [0.4, 0.5) is 5.69 Å². The summed E-state index contributed by atoms with van der Waals surface area (Å²) in [5, 5.41) is 12.0. The lowest BCUT2D eigenvalue weighted by Gasteiger charge is -2.26. The number of aliphatic hydroxyl groups excluding tert-OH is 1. The Morgan fingerprint density at radius 3 is 2.92 bits per heavy atom. The van der Waals surface area contributed by atoms with E-state index in [1.54, 1.807) is 13.1 Å². The largest absolute Gasteiger partial charge is 0.507 e. The number of para-hydroxylation sites is 2. The van der Waals surface area contributed by atoms with Crippen LogP contribution >= 0.6 is 0 Å². The molecule has 0 bridgehead atoms. The fourth-order valence-electron chi connectivity index (χ4n) is 4.49. The zero-order chi connectivity index (χ0) is 25.6. The molecule has 1 aromatic carbocycles. The Kier molecular flexibility index (Phi) is 7.62. The standard InChI is InChI=1S/C28H30N4O5/c1-2-36-28(34)25-23(17-19(26(25)33)16-20-18-30-27-21(20)6-5-9-29-27)31-22-7-3-4-8-24(22)37-15-12-32-10-13-35-14-11-32/h3-9,16,18,33H,2,10-15,17H2,1H3,(H,29,30)/b19-16+,31-23?. The Balaban J connectivity index is 1.43. The minimum absolute atomic E-state index is 0.0780. The lowest BCUT2D eigenvalue weighted by atomic mass is 10.1. The molecule has 2 aromatic heterocycles. The van der Waals surface area contributed by atoms with Crippen molar-refractivity contribution in [2.75, 3.05) is 46.1 Å². The number of carbonyl (C=O) groups excluding carboxylic acids is 1. The quantitative estimate of drug-likeness (QED) is 0.444. The summed E-state index contributed by atoms with van der Waals surface area (Å²) < 4.78 is 16.7. The van der Waals surface area contributed by atoms with Crippen LogP contribution in [0.2, 0.25) is 0 Å². The van der Waals surface area contributed by atoms with Gasteiger partial charge in [0.05, 0.1) is 25.5 Å². The Morgan fingerprint density at radius 2 is 2.08 bits per heavy atom. The molecule has 37 heavy (non-hydrogen) atoms. The molecule has 5 rings (SSSR count). The number of carbonyl (C=O) groups is 1. The van der Waals surface area contributed by atoms with Crippen LogP contribution in [-0.2, 0) is 14.3 Å². The lowest BCUT2D eigenvalue weighted by Crippen LogP contribution is -2.38. The SMILES string of the molecule is CCOC(=O)C1=C(O)/C(=C/c2c[nH]c3ncccc23)CC1=Nc1ccccc1OCCN1CCOCC1. The number of esters is 1. The van der Waals surface area contributed by atoms with Crippen molar-refractivity contribution in [2.24, 2.45) is 4.99 Å². The summed E-state index contributed by atoms with van der Waals surface area (Å²) in [5.74, 6) is -0.110. The number of H-pyrrole nitrogens is 1. The summed E-state index contributed by atoms with van der Waals surface area (Å²) >= 11 is 0. The Morgan fingerprint density at radius 1 is 1.24 bits per heavy atom. The molecule has 3 heterocycles. The number of allylic oxidation sites excluding steroid dienone is 1. The zero-order valence-electron chi connectivity index (χ0n) is 20.8. The number of rotatable bonds is 8. The van der Waals surface area contributed by atoms with E-state index in [9.17, 15) is 9.90 Å². The topological polar surface area (TPSA) is 109 Å². The molecule has 9 heteroatoms. The zero-order valence-corrected chi connectivity index (χ0v) is 20.8. The number of nitrogens with one attached hydrogen (secondary N) is 1. The average molecular weight is 503 g/mol. The van der Waals surface area contributed by atoms with Gasteiger partial charge in [-0.25, -0.2) is 14.8 Å². The van der Waals surface area contributed by atoms with E-state index >= 15 is 0 Å². The highest BCUT2D eigenvalue weighted by molar-refractivity contribution is 6.24. The fraction of sp³-hybridized carbons (Fsp3) is 0.321. The monoisotopic (exact) mass is 502 g/mol. The number of hydrogen-bond donors (Lipinski definition) is 2. The van der Waals surface area contributed by atoms with E-state index in [1.165, 1.54) is 0 Å². The Labute approximate surface area is 215 Å². The number of fused-ring (bicyclic) bond motifs is 1. The minimum atomic E-state index is -0.603. The highest BCUT2D eigenvalue weighted by Crippen LogP contribution is 2.35. The van der Waals surface area contributed by atoms with Gasteiger partial charge in [-0.15, -0.1) is 0 Å². The molecular formula is C28H30N4O5. The summed E-state index contributed by atoms with van der Waals surface area (Å²) in [4.78, 5) is 27.4. The third-order valence-corrected chi connectivity index (χ3v) is 6.37. The molecule has 2 N–H and O–H groups in total. The highest BCUT2D eigenvalue weighted by atomic mass is 16.5. The first kappa shape index (κ1) is 24.7. The van der Waals surface area contributed by atoms with Crippen LogP contribution in [0.15, 0.2) is 70.7 Å². The molecule has 1 saturated heterocycles. The number of aromatic amines is 1. The molecule has 3 aromatic rings. The van der Waals surface area contributed by atoms with Gasteiger partial charge in [0.15, 0.2) is 0 Å². The van der Waals surface area contributed by atoms with Crippen LogP contribution in [0.25, 0.3) is 17.1 Å². The van der Waals surface area contributed by atoms with Crippen molar-refractivity contribution in [1.29, 1.82) is 0 Å². The van der Waals surface area contributed by atoms with Gasteiger partial charge < -0.3 is 24.3 Å². The molecule has 1 aliphatic heterocycles. The maximum absolute atomic E-state index is 12.8. The normalized spacial score (nSPS) is 18.7. The molecule has 1 aliphatic carbocycles. The van der Waals surface area contributed by atoms with E-state index in [4.69, 9.17) is 19.2 Å². The first-order valence-corrected chi connectivity index (χ1v) is 12.5. The first-order chi connectivity index (χ1) is 18.1. The van der Waals surface area contributed by atoms with Gasteiger partial charge >= 0.3 is 5.97 Å². The summed E-state index contributed by atoms with van der Waals surface area (Å²) in [5.41, 5.74) is 3.29. The second kappa shape index (κ2) is 11.4. The third kappa shape index (κ3) is 5.58. The summed E-state index contributed by atoms with van der Waals surface area (Å²) in [6.45, 7) is 6.47. The average Bonchev–Trinajstić information content (AvgIpc) is 3.46. The van der Waals surface area contributed by atoms with Gasteiger partial charge in [-0.05, 0) is 37.3 Å².